The van der Waals surface area contributed by atoms with Crippen molar-refractivity contribution in [3.8, 4) is 16.2 Å². The predicted octanol–water partition coefficient (Wildman–Crippen LogP) is 5.08. The van der Waals surface area contributed by atoms with Crippen molar-refractivity contribution < 1.29 is 32.6 Å². The van der Waals surface area contributed by atoms with Crippen LogP contribution in [0.1, 0.15) is 38.8 Å². The fraction of sp³-hybridized carbons (Fsp3) is 0.136. The van der Waals surface area contributed by atoms with Gasteiger partial charge in [0.05, 0.1) is 34.4 Å². The summed E-state index contributed by atoms with van der Waals surface area (Å²) in [5, 5.41) is 16.1. The summed E-state index contributed by atoms with van der Waals surface area (Å²) >= 11 is 1.14. The van der Waals surface area contributed by atoms with Gasteiger partial charge in [0, 0.05) is 10.9 Å². The molecule has 0 spiro atoms. The molecule has 3 rings (SSSR count). The molecule has 0 bridgehead atoms. The minimum atomic E-state index is -4.44. The number of hydrazone groups is 1. The second-order valence-electron chi connectivity index (χ2n) is 6.61. The third-order valence-electron chi connectivity index (χ3n) is 4.52. The first-order valence-electron chi connectivity index (χ1n) is 9.13. The molecule has 0 aliphatic carbocycles. The first-order valence-corrected chi connectivity index (χ1v) is 10.0. The van der Waals surface area contributed by atoms with Gasteiger partial charge in [-0.2, -0.15) is 18.3 Å². The molecule has 0 aliphatic heterocycles. The van der Waals surface area contributed by atoms with Crippen molar-refractivity contribution in [1.82, 2.24) is 5.43 Å². The van der Waals surface area contributed by atoms with Gasteiger partial charge in [0.1, 0.15) is 5.75 Å². The number of rotatable bonds is 5. The summed E-state index contributed by atoms with van der Waals surface area (Å²) in [6.07, 6.45) is -4.44. The number of esters is 1. The van der Waals surface area contributed by atoms with Crippen molar-refractivity contribution in [3.05, 3.63) is 76.2 Å². The molecular weight excluding hydrogens is 445 g/mol. The summed E-state index contributed by atoms with van der Waals surface area (Å²) in [4.78, 5) is 24.1. The smallest absolute Gasteiger partial charge is 0.416 e. The molecule has 2 aromatic carbocycles. The van der Waals surface area contributed by atoms with Crippen LogP contribution in [0.25, 0.3) is 10.4 Å². The zero-order valence-corrected chi connectivity index (χ0v) is 17.7. The molecule has 2 N–H and O–H groups in total. The largest absolute Gasteiger partial charge is 0.506 e. The number of alkyl halides is 3. The summed E-state index contributed by atoms with van der Waals surface area (Å²) in [6, 6.07) is 10.2. The Morgan fingerprint density at radius 1 is 1.03 bits per heavy atom. The van der Waals surface area contributed by atoms with Crippen molar-refractivity contribution in [2.45, 2.75) is 13.1 Å². The van der Waals surface area contributed by atoms with Crippen LogP contribution in [0.5, 0.6) is 5.75 Å². The number of carbonyl (C=O) groups is 2. The molecule has 0 aliphatic rings. The molecular formula is C22H17F3N2O4S. The van der Waals surface area contributed by atoms with Gasteiger partial charge in [-0.25, -0.2) is 10.2 Å². The topological polar surface area (TPSA) is 88.0 Å². The Kier molecular flexibility index (Phi) is 6.64. The number of amides is 1. The van der Waals surface area contributed by atoms with Crippen LogP contribution >= 0.6 is 11.3 Å². The number of benzene rings is 2. The van der Waals surface area contributed by atoms with Gasteiger partial charge in [0.2, 0.25) is 0 Å². The lowest BCUT2D eigenvalue weighted by atomic mass is 10.1. The van der Waals surface area contributed by atoms with Crippen LogP contribution in [0.4, 0.5) is 13.2 Å². The van der Waals surface area contributed by atoms with E-state index in [2.05, 4.69) is 15.3 Å². The fourth-order valence-corrected chi connectivity index (χ4v) is 3.77. The standard InChI is InChI=1S/C22H17F3N2O4S/c1-12(26-27-20(29)14-3-5-15(6-4-14)21(30)31-2)17-11-32-19(18(17)28)13-7-9-16(10-8-13)22(23,24)25/h3-11,28H,1-2H3,(H,27,29). The Bertz CT molecular complexity index is 1170. The lowest BCUT2D eigenvalue weighted by molar-refractivity contribution is -0.137. The number of nitrogens with zero attached hydrogens (tertiary/aromatic N) is 1. The van der Waals surface area contributed by atoms with Crippen LogP contribution in [-0.4, -0.2) is 29.8 Å². The molecule has 0 unspecified atom stereocenters. The first kappa shape index (κ1) is 23.0. The lowest BCUT2D eigenvalue weighted by Crippen LogP contribution is -2.19. The zero-order chi connectivity index (χ0) is 23.5. The van der Waals surface area contributed by atoms with Crippen LogP contribution in [0.3, 0.4) is 0 Å². The van der Waals surface area contributed by atoms with E-state index in [9.17, 15) is 27.9 Å². The Balaban J connectivity index is 1.74. The maximum absolute atomic E-state index is 12.7. The summed E-state index contributed by atoms with van der Waals surface area (Å²) in [7, 11) is 1.25. The fourth-order valence-electron chi connectivity index (χ4n) is 2.76. The van der Waals surface area contributed by atoms with Gasteiger partial charge in [0.25, 0.3) is 5.91 Å². The van der Waals surface area contributed by atoms with Crippen LogP contribution in [0.2, 0.25) is 0 Å². The quantitative estimate of drug-likeness (QED) is 0.315. The van der Waals surface area contributed by atoms with Crippen LogP contribution in [-0.2, 0) is 10.9 Å². The average molecular weight is 462 g/mol. The van der Waals surface area contributed by atoms with Gasteiger partial charge in [0.15, 0.2) is 0 Å². The van der Waals surface area contributed by atoms with Crippen LogP contribution in [0, 0.1) is 0 Å². The molecule has 0 saturated carbocycles. The highest BCUT2D eigenvalue weighted by molar-refractivity contribution is 7.14. The number of halogens is 3. The van der Waals surface area contributed by atoms with Gasteiger partial charge < -0.3 is 9.84 Å². The van der Waals surface area contributed by atoms with Gasteiger partial charge in [-0.1, -0.05) is 12.1 Å². The van der Waals surface area contributed by atoms with E-state index in [1.807, 2.05) is 0 Å². The summed E-state index contributed by atoms with van der Waals surface area (Å²) < 4.78 is 42.8. The number of ether oxygens (including phenoxy) is 1. The highest BCUT2D eigenvalue weighted by Gasteiger charge is 2.30. The van der Waals surface area contributed by atoms with E-state index in [-0.39, 0.29) is 11.3 Å². The molecule has 6 nitrogen and oxygen atoms in total. The maximum atomic E-state index is 12.7. The Hall–Kier alpha value is -3.66. The van der Waals surface area contributed by atoms with Crippen LogP contribution < -0.4 is 5.43 Å². The van der Waals surface area contributed by atoms with E-state index in [0.29, 0.717) is 27.3 Å². The Morgan fingerprint density at radius 3 is 2.19 bits per heavy atom. The third kappa shape index (κ3) is 4.97. The van der Waals surface area contributed by atoms with E-state index in [0.717, 1.165) is 23.5 Å². The number of hydrogen-bond acceptors (Lipinski definition) is 6. The number of carbonyl (C=O) groups excluding carboxylic acids is 2. The molecule has 3 aromatic rings. The highest BCUT2D eigenvalue weighted by atomic mass is 32.1. The molecule has 0 radical (unpaired) electrons. The monoisotopic (exact) mass is 462 g/mol. The lowest BCUT2D eigenvalue weighted by Gasteiger charge is -2.07. The van der Waals surface area contributed by atoms with Crippen molar-refractivity contribution in [2.24, 2.45) is 5.10 Å². The number of methoxy groups -OCH3 is 1. The molecule has 1 heterocycles. The van der Waals surface area contributed by atoms with Gasteiger partial charge in [-0.05, 0) is 48.9 Å². The summed E-state index contributed by atoms with van der Waals surface area (Å²) in [5.41, 5.74) is 3.20. The number of thiophene rings is 1. The molecule has 0 saturated heterocycles. The third-order valence-corrected chi connectivity index (χ3v) is 5.54. The predicted molar refractivity (Wildman–Crippen MR) is 114 cm³/mol. The maximum Gasteiger partial charge on any atom is 0.416 e. The average Bonchev–Trinajstić information content (AvgIpc) is 3.17. The molecule has 10 heteroatoms. The second kappa shape index (κ2) is 9.23. The van der Waals surface area contributed by atoms with Gasteiger partial charge >= 0.3 is 12.1 Å². The summed E-state index contributed by atoms with van der Waals surface area (Å²) in [6.45, 7) is 1.57. The van der Waals surface area contributed by atoms with Gasteiger partial charge in [-0.15, -0.1) is 11.3 Å². The molecule has 0 atom stereocenters. The number of hydrogen-bond donors (Lipinski definition) is 2. The number of aromatic hydroxyl groups is 1. The van der Waals surface area contributed by atoms with Crippen molar-refractivity contribution in [3.63, 3.8) is 0 Å². The van der Waals surface area contributed by atoms with E-state index >= 15 is 0 Å². The second-order valence-corrected chi connectivity index (χ2v) is 7.49. The van der Waals surface area contributed by atoms with E-state index < -0.39 is 23.6 Å². The number of nitrogens with one attached hydrogen (secondary N) is 1. The zero-order valence-electron chi connectivity index (χ0n) is 16.9. The summed E-state index contributed by atoms with van der Waals surface area (Å²) in [5.74, 6) is -1.20. The molecule has 1 amide bonds. The SMILES string of the molecule is COC(=O)c1ccc(C(=O)NN=C(C)c2csc(-c3ccc(C(F)(F)F)cc3)c2O)cc1. The van der Waals surface area contributed by atoms with E-state index in [1.54, 1.807) is 12.3 Å². The van der Waals surface area contributed by atoms with Gasteiger partial charge in [-0.3, -0.25) is 4.79 Å². The minimum absolute atomic E-state index is 0.146. The Labute approximate surface area is 185 Å². The van der Waals surface area contributed by atoms with Crippen molar-refractivity contribution >= 4 is 28.9 Å². The molecule has 0 fully saturated rings. The minimum Gasteiger partial charge on any atom is -0.506 e. The molecule has 166 valence electrons. The van der Waals surface area contributed by atoms with Crippen LogP contribution in [0.15, 0.2) is 59.0 Å². The van der Waals surface area contributed by atoms with E-state index in [4.69, 9.17) is 0 Å². The molecule has 1 aromatic heterocycles. The van der Waals surface area contributed by atoms with Crippen molar-refractivity contribution in [1.29, 1.82) is 0 Å². The first-order chi connectivity index (χ1) is 15.1. The Morgan fingerprint density at radius 2 is 1.62 bits per heavy atom. The van der Waals surface area contributed by atoms with Crippen molar-refractivity contribution in [2.75, 3.05) is 7.11 Å². The molecule has 32 heavy (non-hydrogen) atoms. The highest BCUT2D eigenvalue weighted by Crippen LogP contribution is 2.39. The normalized spacial score (nSPS) is 11.8. The van der Waals surface area contributed by atoms with E-state index in [1.165, 1.54) is 43.5 Å².